The van der Waals surface area contributed by atoms with E-state index in [-0.39, 0.29) is 39.6 Å². The summed E-state index contributed by atoms with van der Waals surface area (Å²) >= 11 is 0. The predicted molar refractivity (Wildman–Crippen MR) is 173 cm³/mol. The lowest BCUT2D eigenvalue weighted by atomic mass is 10.0. The molecule has 4 heterocycles. The lowest BCUT2D eigenvalue weighted by Crippen LogP contribution is -2.42. The van der Waals surface area contributed by atoms with Crippen molar-refractivity contribution in [3.63, 3.8) is 0 Å². The Morgan fingerprint density at radius 1 is 0.957 bits per heavy atom. The smallest absolute Gasteiger partial charge is 0.410 e. The number of fused-ring (bicyclic) bond motifs is 1. The average Bonchev–Trinajstić information content (AvgIpc) is 3.66. The molecule has 6 rings (SSSR count). The summed E-state index contributed by atoms with van der Waals surface area (Å²) in [7, 11) is -2.88. The molecule has 1 fully saturated rings. The summed E-state index contributed by atoms with van der Waals surface area (Å²) in [4.78, 5) is 18.8. The molecular formula is C34H35F2N5O5S. The Kier molecular flexibility index (Phi) is 8.29. The highest BCUT2D eigenvalue weighted by Gasteiger charge is 2.29. The summed E-state index contributed by atoms with van der Waals surface area (Å²) in [5.41, 5.74) is 2.00. The van der Waals surface area contributed by atoms with E-state index in [4.69, 9.17) is 9.47 Å². The lowest BCUT2D eigenvalue weighted by molar-refractivity contribution is 0.0184. The molecule has 246 valence electrons. The average molecular weight is 664 g/mol. The van der Waals surface area contributed by atoms with Gasteiger partial charge in [0.15, 0.2) is 17.2 Å². The predicted octanol–water partition coefficient (Wildman–Crippen LogP) is 6.97. The normalized spacial score (nSPS) is 14.5. The minimum atomic E-state index is -4.15. The second-order valence-corrected chi connectivity index (χ2v) is 14.4. The number of aryl methyl sites for hydroxylation is 1. The van der Waals surface area contributed by atoms with Crippen LogP contribution in [0.25, 0.3) is 33.3 Å². The molecule has 0 bridgehead atoms. The first-order valence-corrected chi connectivity index (χ1v) is 16.6. The molecule has 0 radical (unpaired) electrons. The molecule has 0 N–H and O–H groups in total. The number of carbonyl (C=O) groups is 1. The van der Waals surface area contributed by atoms with Gasteiger partial charge in [0.2, 0.25) is 0 Å². The molecule has 13 heteroatoms. The first-order chi connectivity index (χ1) is 22.2. The van der Waals surface area contributed by atoms with Gasteiger partial charge in [-0.1, -0.05) is 17.7 Å². The van der Waals surface area contributed by atoms with E-state index in [0.29, 0.717) is 48.5 Å². The second-order valence-electron chi connectivity index (χ2n) is 12.6. The fraction of sp³-hybridized carbons (Fsp3) is 0.324. The van der Waals surface area contributed by atoms with Crippen molar-refractivity contribution in [1.82, 2.24) is 23.6 Å². The first-order valence-electron chi connectivity index (χ1n) is 15.1. The molecule has 0 saturated carbocycles. The van der Waals surface area contributed by atoms with Crippen molar-refractivity contribution in [1.29, 1.82) is 0 Å². The van der Waals surface area contributed by atoms with Crippen LogP contribution in [0.4, 0.5) is 13.6 Å². The van der Waals surface area contributed by atoms with Gasteiger partial charge in [0.1, 0.15) is 11.4 Å². The van der Waals surface area contributed by atoms with Gasteiger partial charge in [0, 0.05) is 65.4 Å². The van der Waals surface area contributed by atoms with Gasteiger partial charge < -0.3 is 14.4 Å². The zero-order valence-electron chi connectivity index (χ0n) is 26.7. The van der Waals surface area contributed by atoms with Gasteiger partial charge in [-0.2, -0.15) is 5.10 Å². The molecule has 0 unspecified atom stereocenters. The molecule has 1 amide bonds. The number of nitrogens with zero attached hydrogens (tertiary/aromatic N) is 5. The van der Waals surface area contributed by atoms with Gasteiger partial charge in [-0.15, -0.1) is 0 Å². The van der Waals surface area contributed by atoms with E-state index in [1.165, 1.54) is 25.4 Å². The number of amides is 1. The van der Waals surface area contributed by atoms with Gasteiger partial charge in [-0.3, -0.25) is 4.68 Å². The molecular weight excluding hydrogens is 628 g/mol. The summed E-state index contributed by atoms with van der Waals surface area (Å²) in [6.45, 7) is 8.42. The van der Waals surface area contributed by atoms with E-state index >= 15 is 0 Å². The molecule has 0 spiro atoms. The maximum absolute atomic E-state index is 14.9. The number of likely N-dealkylation sites (tertiary alicyclic amines) is 1. The molecule has 5 aromatic rings. The van der Waals surface area contributed by atoms with Crippen LogP contribution in [0.15, 0.2) is 72.1 Å². The van der Waals surface area contributed by atoms with Crippen molar-refractivity contribution in [2.45, 2.75) is 57.1 Å². The van der Waals surface area contributed by atoms with E-state index in [1.807, 2.05) is 38.6 Å². The molecule has 47 heavy (non-hydrogen) atoms. The molecule has 10 nitrogen and oxygen atoms in total. The number of aromatic nitrogens is 4. The van der Waals surface area contributed by atoms with Crippen LogP contribution in [0.3, 0.4) is 0 Å². The van der Waals surface area contributed by atoms with Crippen molar-refractivity contribution in [3.05, 3.63) is 84.4 Å². The van der Waals surface area contributed by atoms with Crippen molar-refractivity contribution < 1.29 is 31.5 Å². The Bertz CT molecular complexity index is 2080. The van der Waals surface area contributed by atoms with E-state index in [0.717, 1.165) is 15.6 Å². The maximum atomic E-state index is 14.9. The zero-order valence-corrected chi connectivity index (χ0v) is 27.5. The Balaban J connectivity index is 1.39. The van der Waals surface area contributed by atoms with Crippen LogP contribution in [0.5, 0.6) is 5.75 Å². The van der Waals surface area contributed by atoms with Crippen molar-refractivity contribution >= 4 is 27.1 Å². The number of methoxy groups -OCH3 is 1. The first kappa shape index (κ1) is 32.2. The van der Waals surface area contributed by atoms with Crippen LogP contribution in [-0.2, 0) is 14.8 Å². The van der Waals surface area contributed by atoms with Crippen LogP contribution in [0, 0.1) is 18.6 Å². The minimum absolute atomic E-state index is 0.0359. The summed E-state index contributed by atoms with van der Waals surface area (Å²) < 4.78 is 70.8. The molecule has 0 atom stereocenters. The number of hydrogen-bond acceptors (Lipinski definition) is 7. The quantitative estimate of drug-likeness (QED) is 0.193. The third kappa shape index (κ3) is 6.31. The number of ether oxygens (including phenoxy) is 2. The highest BCUT2D eigenvalue weighted by molar-refractivity contribution is 7.90. The number of benzene rings is 2. The Morgan fingerprint density at radius 3 is 2.32 bits per heavy atom. The molecule has 2 aromatic carbocycles. The van der Waals surface area contributed by atoms with E-state index < -0.39 is 27.3 Å². The van der Waals surface area contributed by atoms with Crippen LogP contribution in [0.1, 0.15) is 45.2 Å². The third-order valence-corrected chi connectivity index (χ3v) is 9.78. The highest BCUT2D eigenvalue weighted by Crippen LogP contribution is 2.40. The van der Waals surface area contributed by atoms with Gasteiger partial charge in [0.25, 0.3) is 10.0 Å². The van der Waals surface area contributed by atoms with Crippen LogP contribution >= 0.6 is 0 Å². The largest absolute Gasteiger partial charge is 0.493 e. The molecule has 1 aliphatic rings. The van der Waals surface area contributed by atoms with E-state index in [2.05, 4.69) is 10.1 Å². The number of halogens is 2. The molecule has 1 aliphatic heterocycles. The Morgan fingerprint density at radius 2 is 1.66 bits per heavy atom. The number of carbonyl (C=O) groups excluding carboxylic acids is 1. The van der Waals surface area contributed by atoms with E-state index in [1.54, 1.807) is 35.5 Å². The fourth-order valence-corrected chi connectivity index (χ4v) is 7.08. The molecule has 1 saturated heterocycles. The number of rotatable bonds is 6. The van der Waals surface area contributed by atoms with Gasteiger partial charge in [-0.25, -0.2) is 30.9 Å². The van der Waals surface area contributed by atoms with Crippen LogP contribution in [-0.4, -0.2) is 63.9 Å². The van der Waals surface area contributed by atoms with Gasteiger partial charge in [0.05, 0.1) is 24.2 Å². The highest BCUT2D eigenvalue weighted by atomic mass is 32.2. The minimum Gasteiger partial charge on any atom is -0.493 e. The standard InChI is InChI=1S/C34H35F2N5O5S/c1-21-6-8-26(9-7-21)47(43,44)41-20-29(27-15-24(35)16-30(36)31(27)45-5)28-14-22(17-37-32(28)41)23-18-38-40(19-23)25-10-12-39(13-11-25)33(42)46-34(2,3)4/h6-9,14-20,25H,10-13H2,1-5H3. The Labute approximate surface area is 271 Å². The van der Waals surface area contributed by atoms with Gasteiger partial charge in [-0.05, 0) is 64.8 Å². The van der Waals surface area contributed by atoms with Crippen molar-refractivity contribution in [2.24, 2.45) is 0 Å². The van der Waals surface area contributed by atoms with Crippen molar-refractivity contribution in [2.75, 3.05) is 20.2 Å². The Hall–Kier alpha value is -4.78. The lowest BCUT2D eigenvalue weighted by Gasteiger charge is -2.33. The van der Waals surface area contributed by atoms with Crippen LogP contribution < -0.4 is 4.74 Å². The summed E-state index contributed by atoms with van der Waals surface area (Å²) in [6, 6.07) is 9.97. The van der Waals surface area contributed by atoms with Gasteiger partial charge >= 0.3 is 6.09 Å². The second kappa shape index (κ2) is 12.1. The van der Waals surface area contributed by atoms with Crippen LogP contribution in [0.2, 0.25) is 0 Å². The zero-order chi connectivity index (χ0) is 33.7. The van der Waals surface area contributed by atoms with E-state index in [9.17, 15) is 22.0 Å². The summed E-state index contributed by atoms with van der Waals surface area (Å²) in [6.07, 6.45) is 7.46. The molecule has 0 aliphatic carbocycles. The summed E-state index contributed by atoms with van der Waals surface area (Å²) in [5, 5.41) is 4.93. The fourth-order valence-electron chi connectivity index (χ4n) is 5.75. The third-order valence-electron chi connectivity index (χ3n) is 8.12. The number of pyridine rings is 1. The van der Waals surface area contributed by atoms with Crippen molar-refractivity contribution in [3.8, 4) is 28.0 Å². The SMILES string of the molecule is COc1c(F)cc(F)cc1-c1cn(S(=O)(=O)c2ccc(C)cc2)c2ncc(-c3cnn(C4CCN(C(=O)OC(C)(C)C)CC4)c3)cc12. The maximum Gasteiger partial charge on any atom is 0.410 e. The topological polar surface area (TPSA) is 109 Å². The number of hydrogen-bond donors (Lipinski definition) is 0. The summed E-state index contributed by atoms with van der Waals surface area (Å²) in [5.74, 6) is -1.99. The number of piperidine rings is 1. The monoisotopic (exact) mass is 663 g/mol. The molecule has 3 aromatic heterocycles.